The van der Waals surface area contributed by atoms with Crippen molar-refractivity contribution in [2.75, 3.05) is 0 Å². The van der Waals surface area contributed by atoms with Gasteiger partial charge in [-0.3, -0.25) is 4.79 Å². The van der Waals surface area contributed by atoms with Crippen molar-refractivity contribution in [1.82, 2.24) is 0 Å². The van der Waals surface area contributed by atoms with E-state index < -0.39 is 5.92 Å². The molecule has 2 heteroatoms. The molecule has 0 aliphatic rings. The summed E-state index contributed by atoms with van der Waals surface area (Å²) >= 11 is 0. The highest BCUT2D eigenvalue weighted by molar-refractivity contribution is 5.93. The van der Waals surface area contributed by atoms with Crippen molar-refractivity contribution in [2.45, 2.75) is 19.3 Å². The number of hydrogen-bond acceptors (Lipinski definition) is 2. The topological polar surface area (TPSA) is 34.1 Å². The summed E-state index contributed by atoms with van der Waals surface area (Å²) in [6, 6.07) is 19.5. The molecule has 20 heavy (non-hydrogen) atoms. The van der Waals surface area contributed by atoms with Gasteiger partial charge in [-0.15, -0.1) is 0 Å². The van der Waals surface area contributed by atoms with Crippen molar-refractivity contribution in [1.29, 1.82) is 0 Å². The van der Waals surface area contributed by atoms with Crippen molar-refractivity contribution in [3.63, 3.8) is 0 Å². The molecule has 2 aromatic rings. The van der Waals surface area contributed by atoms with Crippen LogP contribution in [0.3, 0.4) is 0 Å². The van der Waals surface area contributed by atoms with Crippen LogP contribution in [0.15, 0.2) is 60.7 Å². The summed E-state index contributed by atoms with van der Waals surface area (Å²) in [6.07, 6.45) is 2.39. The molecule has 0 saturated heterocycles. The van der Waals surface area contributed by atoms with Crippen molar-refractivity contribution < 1.29 is 9.59 Å². The average molecular weight is 266 g/mol. The van der Waals surface area contributed by atoms with E-state index >= 15 is 0 Å². The van der Waals surface area contributed by atoms with Crippen LogP contribution in [-0.2, 0) is 22.4 Å². The lowest BCUT2D eigenvalue weighted by Crippen LogP contribution is -2.19. The number of Topliss-reactive ketones (excluding diaryl/α,β-unsaturated/α-hetero) is 1. The van der Waals surface area contributed by atoms with Crippen LogP contribution in [0, 0.1) is 5.92 Å². The molecular weight excluding hydrogens is 248 g/mol. The van der Waals surface area contributed by atoms with Crippen LogP contribution in [0.5, 0.6) is 0 Å². The van der Waals surface area contributed by atoms with Gasteiger partial charge >= 0.3 is 0 Å². The minimum atomic E-state index is -0.527. The van der Waals surface area contributed by atoms with Crippen LogP contribution < -0.4 is 0 Å². The van der Waals surface area contributed by atoms with E-state index in [0.717, 1.165) is 17.4 Å². The predicted molar refractivity (Wildman–Crippen MR) is 79.5 cm³/mol. The molecule has 0 aliphatic heterocycles. The molecule has 0 heterocycles. The summed E-state index contributed by atoms with van der Waals surface area (Å²) in [7, 11) is 0. The number of aldehydes is 1. The number of carbonyl (C=O) groups is 2. The third kappa shape index (κ3) is 4.16. The largest absolute Gasteiger partial charge is 0.303 e. The summed E-state index contributed by atoms with van der Waals surface area (Å²) in [6.45, 7) is 0. The van der Waals surface area contributed by atoms with Gasteiger partial charge in [-0.25, -0.2) is 0 Å². The summed E-state index contributed by atoms with van der Waals surface area (Å²) < 4.78 is 0. The Labute approximate surface area is 119 Å². The highest BCUT2D eigenvalue weighted by Gasteiger charge is 2.17. The quantitative estimate of drug-likeness (QED) is 0.569. The van der Waals surface area contributed by atoms with Crippen molar-refractivity contribution in [3.8, 4) is 0 Å². The van der Waals surface area contributed by atoms with Gasteiger partial charge in [-0.05, 0) is 24.0 Å². The molecule has 1 atom stereocenters. The maximum atomic E-state index is 12.1. The predicted octanol–water partition coefficient (Wildman–Crippen LogP) is 3.25. The van der Waals surface area contributed by atoms with Gasteiger partial charge in [-0.1, -0.05) is 60.7 Å². The SMILES string of the molecule is O=C[C@@H](Cc1ccccc1)C(=O)CCc1ccccc1. The second-order valence-electron chi connectivity index (χ2n) is 4.88. The average Bonchev–Trinajstić information content (AvgIpc) is 2.52. The third-order valence-electron chi connectivity index (χ3n) is 3.38. The first-order chi connectivity index (χ1) is 9.79. The van der Waals surface area contributed by atoms with Gasteiger partial charge in [-0.2, -0.15) is 0 Å². The zero-order valence-electron chi connectivity index (χ0n) is 11.4. The first-order valence-corrected chi connectivity index (χ1v) is 6.85. The van der Waals surface area contributed by atoms with Crippen LogP contribution in [0.2, 0.25) is 0 Å². The monoisotopic (exact) mass is 266 g/mol. The fourth-order valence-corrected chi connectivity index (χ4v) is 2.20. The van der Waals surface area contributed by atoms with E-state index in [1.165, 1.54) is 0 Å². The normalized spacial score (nSPS) is 11.8. The van der Waals surface area contributed by atoms with Gasteiger partial charge in [0, 0.05) is 6.42 Å². The van der Waals surface area contributed by atoms with Crippen molar-refractivity contribution in [2.24, 2.45) is 5.92 Å². The van der Waals surface area contributed by atoms with E-state index in [1.807, 2.05) is 60.7 Å². The third-order valence-corrected chi connectivity index (χ3v) is 3.38. The lowest BCUT2D eigenvalue weighted by molar-refractivity contribution is -0.127. The highest BCUT2D eigenvalue weighted by Crippen LogP contribution is 2.12. The molecule has 102 valence electrons. The highest BCUT2D eigenvalue weighted by atomic mass is 16.1. The second kappa shape index (κ2) is 7.39. The number of hydrogen-bond donors (Lipinski definition) is 0. The van der Waals surface area contributed by atoms with E-state index in [4.69, 9.17) is 0 Å². The first kappa shape index (κ1) is 14.2. The summed E-state index contributed by atoms with van der Waals surface area (Å²) in [4.78, 5) is 23.3. The maximum absolute atomic E-state index is 12.1. The van der Waals surface area contributed by atoms with Gasteiger partial charge in [0.1, 0.15) is 12.1 Å². The maximum Gasteiger partial charge on any atom is 0.143 e. The van der Waals surface area contributed by atoms with Crippen LogP contribution in [-0.4, -0.2) is 12.1 Å². The van der Waals surface area contributed by atoms with E-state index in [-0.39, 0.29) is 5.78 Å². The zero-order chi connectivity index (χ0) is 14.2. The molecule has 2 aromatic carbocycles. The smallest absolute Gasteiger partial charge is 0.143 e. The number of benzene rings is 2. The Morgan fingerprint density at radius 2 is 1.45 bits per heavy atom. The molecule has 0 spiro atoms. The fraction of sp³-hybridized carbons (Fsp3) is 0.222. The van der Waals surface area contributed by atoms with Crippen LogP contribution in [0.1, 0.15) is 17.5 Å². The molecule has 0 fully saturated rings. The molecule has 0 aliphatic carbocycles. The van der Waals surface area contributed by atoms with Crippen LogP contribution in [0.25, 0.3) is 0 Å². The van der Waals surface area contributed by atoms with Gasteiger partial charge in [0.15, 0.2) is 0 Å². The Balaban J connectivity index is 1.91. The lowest BCUT2D eigenvalue weighted by Gasteiger charge is -2.09. The molecule has 0 aromatic heterocycles. The van der Waals surface area contributed by atoms with E-state index in [2.05, 4.69) is 0 Å². The number of aryl methyl sites for hydroxylation is 1. The molecule has 0 unspecified atom stereocenters. The molecule has 0 N–H and O–H groups in total. The van der Waals surface area contributed by atoms with E-state index in [0.29, 0.717) is 19.3 Å². The Hall–Kier alpha value is -2.22. The van der Waals surface area contributed by atoms with Gasteiger partial charge < -0.3 is 4.79 Å². The standard InChI is InChI=1S/C18H18O2/c19-14-17(13-16-9-5-2-6-10-16)18(20)12-11-15-7-3-1-4-8-15/h1-10,14,17H,11-13H2/t17-/m1/s1. The molecule has 2 rings (SSSR count). The fourth-order valence-electron chi connectivity index (χ4n) is 2.20. The molecule has 0 radical (unpaired) electrons. The van der Waals surface area contributed by atoms with Crippen molar-refractivity contribution >= 4 is 12.1 Å². The first-order valence-electron chi connectivity index (χ1n) is 6.85. The molecule has 2 nitrogen and oxygen atoms in total. The summed E-state index contributed by atoms with van der Waals surface area (Å²) in [5.41, 5.74) is 2.16. The van der Waals surface area contributed by atoms with E-state index in [1.54, 1.807) is 0 Å². The van der Waals surface area contributed by atoms with Gasteiger partial charge in [0.25, 0.3) is 0 Å². The van der Waals surface area contributed by atoms with Crippen LogP contribution in [0.4, 0.5) is 0 Å². The minimum absolute atomic E-state index is 0.0210. The Morgan fingerprint density at radius 1 is 0.900 bits per heavy atom. The number of ketones is 1. The zero-order valence-corrected chi connectivity index (χ0v) is 11.4. The van der Waals surface area contributed by atoms with Crippen molar-refractivity contribution in [3.05, 3.63) is 71.8 Å². The Morgan fingerprint density at radius 3 is 2.00 bits per heavy atom. The summed E-state index contributed by atoms with van der Waals surface area (Å²) in [5, 5.41) is 0. The van der Waals surface area contributed by atoms with E-state index in [9.17, 15) is 9.59 Å². The molecule has 0 bridgehead atoms. The van der Waals surface area contributed by atoms with Gasteiger partial charge in [0.2, 0.25) is 0 Å². The molecular formula is C18H18O2. The minimum Gasteiger partial charge on any atom is -0.303 e. The second-order valence-corrected chi connectivity index (χ2v) is 4.88. The summed E-state index contributed by atoms with van der Waals surface area (Å²) in [5.74, 6) is -0.506. The number of carbonyl (C=O) groups excluding carboxylic acids is 2. The molecule has 0 saturated carbocycles. The molecule has 0 amide bonds. The number of rotatable bonds is 7. The Kier molecular flexibility index (Phi) is 5.24. The lowest BCUT2D eigenvalue weighted by atomic mass is 9.93. The Bertz CT molecular complexity index is 546. The van der Waals surface area contributed by atoms with Gasteiger partial charge in [0.05, 0.1) is 5.92 Å². The van der Waals surface area contributed by atoms with Crippen LogP contribution >= 0.6 is 0 Å².